The Morgan fingerprint density at radius 2 is 2.07 bits per heavy atom. The highest BCUT2D eigenvalue weighted by molar-refractivity contribution is 5.87. The summed E-state index contributed by atoms with van der Waals surface area (Å²) in [6, 6.07) is 0.271. The molecule has 0 unspecified atom stereocenters. The van der Waals surface area contributed by atoms with Crippen LogP contribution in [0.4, 0.5) is 0 Å². The van der Waals surface area contributed by atoms with E-state index in [1.165, 1.54) is 6.08 Å². The molecule has 1 aliphatic rings. The molecule has 0 spiro atoms. The molecule has 80 valence electrons. The molecule has 0 radical (unpaired) electrons. The van der Waals surface area contributed by atoms with Crippen LogP contribution in [0.1, 0.15) is 33.6 Å². The van der Waals surface area contributed by atoms with Crippen molar-refractivity contribution in [3.05, 3.63) is 12.7 Å². The Balaban J connectivity index is 2.18. The SMILES string of the molecule is C=CC(=O)NC1CC(OC(C)(C)C)C1. The van der Waals surface area contributed by atoms with Crippen molar-refractivity contribution in [3.63, 3.8) is 0 Å². The molecule has 1 rings (SSSR count). The number of carbonyl (C=O) groups is 1. The Labute approximate surface area is 85.5 Å². The molecule has 14 heavy (non-hydrogen) atoms. The Bertz CT molecular complexity index is 224. The largest absolute Gasteiger partial charge is 0.372 e. The van der Waals surface area contributed by atoms with Crippen molar-refractivity contribution in [2.24, 2.45) is 0 Å². The van der Waals surface area contributed by atoms with Crippen molar-refractivity contribution < 1.29 is 9.53 Å². The molecule has 1 N–H and O–H groups in total. The number of amides is 1. The maximum absolute atomic E-state index is 10.9. The third-order valence-corrected chi connectivity index (χ3v) is 2.15. The van der Waals surface area contributed by atoms with E-state index in [1.54, 1.807) is 0 Å². The molecule has 0 aromatic rings. The van der Waals surface area contributed by atoms with E-state index in [0.717, 1.165) is 12.8 Å². The Hall–Kier alpha value is -0.830. The highest BCUT2D eigenvalue weighted by Crippen LogP contribution is 2.27. The lowest BCUT2D eigenvalue weighted by molar-refractivity contribution is -0.123. The summed E-state index contributed by atoms with van der Waals surface area (Å²) in [5.74, 6) is -0.0933. The number of carbonyl (C=O) groups excluding carboxylic acids is 1. The van der Waals surface area contributed by atoms with Gasteiger partial charge in [-0.25, -0.2) is 0 Å². The van der Waals surface area contributed by atoms with Crippen LogP contribution < -0.4 is 5.32 Å². The van der Waals surface area contributed by atoms with Crippen LogP contribution in [0.2, 0.25) is 0 Å². The second kappa shape index (κ2) is 4.13. The summed E-state index contributed by atoms with van der Waals surface area (Å²) in [6.07, 6.45) is 3.43. The van der Waals surface area contributed by atoms with Gasteiger partial charge in [0.05, 0.1) is 11.7 Å². The molecule has 0 aromatic carbocycles. The van der Waals surface area contributed by atoms with Crippen LogP contribution in [0.25, 0.3) is 0 Å². The standard InChI is InChI=1S/C11H19NO2/c1-5-10(13)12-8-6-9(7-8)14-11(2,3)4/h5,8-9H,1,6-7H2,2-4H3,(H,12,13). The van der Waals surface area contributed by atoms with Gasteiger partial charge in [0.15, 0.2) is 0 Å². The van der Waals surface area contributed by atoms with E-state index < -0.39 is 0 Å². The maximum atomic E-state index is 10.9. The van der Waals surface area contributed by atoms with Gasteiger partial charge >= 0.3 is 0 Å². The molecule has 0 bridgehead atoms. The summed E-state index contributed by atoms with van der Waals surface area (Å²) in [5.41, 5.74) is -0.0852. The molecule has 0 heterocycles. The summed E-state index contributed by atoms with van der Waals surface area (Å²) in [5, 5.41) is 2.84. The van der Waals surface area contributed by atoms with Crippen molar-refractivity contribution in [2.75, 3.05) is 0 Å². The second-order valence-electron chi connectivity index (χ2n) is 4.73. The molecule has 1 amide bonds. The van der Waals surface area contributed by atoms with Gasteiger partial charge in [0.25, 0.3) is 0 Å². The topological polar surface area (TPSA) is 38.3 Å². The van der Waals surface area contributed by atoms with Gasteiger partial charge < -0.3 is 10.1 Å². The zero-order valence-corrected chi connectivity index (χ0v) is 9.17. The van der Waals surface area contributed by atoms with Crippen molar-refractivity contribution in [3.8, 4) is 0 Å². The van der Waals surface area contributed by atoms with Gasteiger partial charge in [0, 0.05) is 6.04 Å². The molecule has 3 nitrogen and oxygen atoms in total. The van der Waals surface area contributed by atoms with Crippen LogP contribution in [-0.4, -0.2) is 23.7 Å². The first-order valence-electron chi connectivity index (χ1n) is 5.01. The molecule has 0 aromatic heterocycles. The lowest BCUT2D eigenvalue weighted by Gasteiger charge is -2.39. The van der Waals surface area contributed by atoms with Gasteiger partial charge in [-0.3, -0.25) is 4.79 Å². The van der Waals surface area contributed by atoms with Crippen molar-refractivity contribution in [1.29, 1.82) is 0 Å². The average molecular weight is 197 g/mol. The van der Waals surface area contributed by atoms with E-state index in [9.17, 15) is 4.79 Å². The first-order chi connectivity index (χ1) is 6.40. The zero-order chi connectivity index (χ0) is 10.8. The lowest BCUT2D eigenvalue weighted by Crippen LogP contribution is -2.49. The molecular weight excluding hydrogens is 178 g/mol. The predicted octanol–water partition coefficient (Wildman–Crippen LogP) is 1.63. The van der Waals surface area contributed by atoms with E-state index in [2.05, 4.69) is 11.9 Å². The predicted molar refractivity (Wildman–Crippen MR) is 56.0 cm³/mol. The molecule has 0 saturated heterocycles. The van der Waals surface area contributed by atoms with Gasteiger partial charge in [0.2, 0.25) is 5.91 Å². The minimum atomic E-state index is -0.0933. The van der Waals surface area contributed by atoms with Crippen LogP contribution in [0.15, 0.2) is 12.7 Å². The minimum Gasteiger partial charge on any atom is -0.372 e. The third-order valence-electron chi connectivity index (χ3n) is 2.15. The van der Waals surface area contributed by atoms with E-state index in [1.807, 2.05) is 20.8 Å². The van der Waals surface area contributed by atoms with E-state index in [0.29, 0.717) is 6.10 Å². The van der Waals surface area contributed by atoms with Gasteiger partial charge in [-0.2, -0.15) is 0 Å². The summed E-state index contributed by atoms with van der Waals surface area (Å²) >= 11 is 0. The molecule has 1 aliphatic carbocycles. The minimum absolute atomic E-state index is 0.0852. The normalized spacial score (nSPS) is 26.5. The molecule has 0 atom stereocenters. The van der Waals surface area contributed by atoms with E-state index >= 15 is 0 Å². The highest BCUT2D eigenvalue weighted by Gasteiger charge is 2.33. The highest BCUT2D eigenvalue weighted by atomic mass is 16.5. The summed E-state index contributed by atoms with van der Waals surface area (Å²) < 4.78 is 5.74. The van der Waals surface area contributed by atoms with Gasteiger partial charge in [-0.05, 0) is 39.7 Å². The Kier molecular flexibility index (Phi) is 3.32. The van der Waals surface area contributed by atoms with E-state index in [4.69, 9.17) is 4.74 Å². The van der Waals surface area contributed by atoms with Crippen LogP contribution in [0.3, 0.4) is 0 Å². The summed E-state index contributed by atoms with van der Waals surface area (Å²) in [7, 11) is 0. The van der Waals surface area contributed by atoms with E-state index in [-0.39, 0.29) is 17.6 Å². The number of hydrogen-bond donors (Lipinski definition) is 1. The fourth-order valence-electron chi connectivity index (χ4n) is 1.54. The third kappa shape index (κ3) is 3.50. The molecule has 3 heteroatoms. The van der Waals surface area contributed by atoms with Gasteiger partial charge in [0.1, 0.15) is 0 Å². The number of hydrogen-bond acceptors (Lipinski definition) is 2. The average Bonchev–Trinajstić information content (AvgIpc) is 1.97. The number of rotatable bonds is 3. The molecule has 0 aliphatic heterocycles. The summed E-state index contributed by atoms with van der Waals surface area (Å²) in [6.45, 7) is 9.54. The van der Waals surface area contributed by atoms with Gasteiger partial charge in [-0.15, -0.1) is 0 Å². The van der Waals surface area contributed by atoms with Crippen molar-refractivity contribution >= 4 is 5.91 Å². The first-order valence-corrected chi connectivity index (χ1v) is 5.01. The molecule has 1 saturated carbocycles. The summed E-state index contributed by atoms with van der Waals surface area (Å²) in [4.78, 5) is 10.9. The van der Waals surface area contributed by atoms with Crippen LogP contribution >= 0.6 is 0 Å². The van der Waals surface area contributed by atoms with Crippen molar-refractivity contribution in [1.82, 2.24) is 5.32 Å². The van der Waals surface area contributed by atoms with Crippen molar-refractivity contribution in [2.45, 2.75) is 51.4 Å². The zero-order valence-electron chi connectivity index (χ0n) is 9.17. The first kappa shape index (κ1) is 11.2. The quantitative estimate of drug-likeness (QED) is 0.698. The number of nitrogens with one attached hydrogen (secondary N) is 1. The molecular formula is C11H19NO2. The Morgan fingerprint density at radius 3 is 2.50 bits per heavy atom. The number of ether oxygens (including phenoxy) is 1. The molecule has 1 fully saturated rings. The lowest BCUT2D eigenvalue weighted by atomic mass is 9.88. The fourth-order valence-corrected chi connectivity index (χ4v) is 1.54. The monoisotopic (exact) mass is 197 g/mol. The Morgan fingerprint density at radius 1 is 1.50 bits per heavy atom. The van der Waals surface area contributed by atoms with Crippen LogP contribution in [0, 0.1) is 0 Å². The second-order valence-corrected chi connectivity index (χ2v) is 4.73. The van der Waals surface area contributed by atoms with Crippen LogP contribution in [0.5, 0.6) is 0 Å². The fraction of sp³-hybridized carbons (Fsp3) is 0.727. The van der Waals surface area contributed by atoms with Gasteiger partial charge in [-0.1, -0.05) is 6.58 Å². The smallest absolute Gasteiger partial charge is 0.243 e. The maximum Gasteiger partial charge on any atom is 0.243 e. The van der Waals surface area contributed by atoms with Crippen LogP contribution in [-0.2, 0) is 9.53 Å².